The van der Waals surface area contributed by atoms with Gasteiger partial charge in [0.15, 0.2) is 5.96 Å². The molecule has 1 saturated heterocycles. The minimum atomic E-state index is -3.10. The summed E-state index contributed by atoms with van der Waals surface area (Å²) in [5.74, 6) is 1.48. The van der Waals surface area contributed by atoms with E-state index in [1.807, 2.05) is 0 Å². The van der Waals surface area contributed by atoms with Crippen molar-refractivity contribution in [3.05, 3.63) is 0 Å². The molecule has 0 spiro atoms. The first kappa shape index (κ1) is 25.8. The first-order valence-corrected chi connectivity index (χ1v) is 10.8. The lowest BCUT2D eigenvalue weighted by Crippen LogP contribution is -2.39. The summed E-state index contributed by atoms with van der Waals surface area (Å²) in [6, 6.07) is 0. The Labute approximate surface area is 175 Å². The van der Waals surface area contributed by atoms with Gasteiger partial charge in [0.2, 0.25) is 10.0 Å². The number of halogens is 1. The van der Waals surface area contributed by atoms with E-state index >= 15 is 0 Å². The number of aliphatic imine (C=N–C) groups is 1. The highest BCUT2D eigenvalue weighted by Gasteiger charge is 2.13. The molecule has 1 fully saturated rings. The Bertz CT molecular complexity index is 471. The number of ether oxygens (including phenoxy) is 2. The van der Waals surface area contributed by atoms with Gasteiger partial charge in [0.1, 0.15) is 0 Å². The normalized spacial score (nSPS) is 16.2. The summed E-state index contributed by atoms with van der Waals surface area (Å²) >= 11 is 0. The van der Waals surface area contributed by atoms with Crippen LogP contribution in [0.15, 0.2) is 4.99 Å². The molecule has 156 valence electrons. The number of hydrogen-bond acceptors (Lipinski definition) is 5. The Kier molecular flexibility index (Phi) is 15.7. The summed E-state index contributed by atoms with van der Waals surface area (Å²) in [4.78, 5) is 4.14. The Morgan fingerprint density at radius 3 is 2.42 bits per heavy atom. The Morgan fingerprint density at radius 2 is 1.81 bits per heavy atom. The van der Waals surface area contributed by atoms with Crippen molar-refractivity contribution in [2.75, 3.05) is 58.9 Å². The standard InChI is InChI=1S/C16H34N4O4S.HI/c1-3-25(21,22)20-10-4-8-18-16(17-2)19-9-5-11-24-14-15-6-12-23-13-7-15;/h15,20H,3-14H2,1-2H3,(H2,17,18,19);1H. The molecule has 0 bridgehead atoms. The lowest BCUT2D eigenvalue weighted by Gasteiger charge is -2.21. The summed E-state index contributed by atoms with van der Waals surface area (Å²) in [5.41, 5.74) is 0. The van der Waals surface area contributed by atoms with Crippen molar-refractivity contribution in [1.82, 2.24) is 15.4 Å². The highest BCUT2D eigenvalue weighted by atomic mass is 127. The van der Waals surface area contributed by atoms with Crippen molar-refractivity contribution in [2.45, 2.75) is 32.6 Å². The molecule has 0 aromatic carbocycles. The molecule has 0 saturated carbocycles. The van der Waals surface area contributed by atoms with Gasteiger partial charge in [-0.05, 0) is 38.5 Å². The molecule has 0 unspecified atom stereocenters. The number of nitrogens with one attached hydrogen (secondary N) is 3. The maximum Gasteiger partial charge on any atom is 0.211 e. The van der Waals surface area contributed by atoms with E-state index in [0.29, 0.717) is 25.4 Å². The van der Waals surface area contributed by atoms with E-state index in [0.717, 1.165) is 58.2 Å². The third-order valence-electron chi connectivity index (χ3n) is 4.02. The van der Waals surface area contributed by atoms with Gasteiger partial charge in [-0.1, -0.05) is 0 Å². The molecule has 3 N–H and O–H groups in total. The molecular formula is C16H35IN4O4S. The average Bonchev–Trinajstić information content (AvgIpc) is 2.63. The minimum absolute atomic E-state index is 0. The van der Waals surface area contributed by atoms with Crippen LogP contribution in [0, 0.1) is 5.92 Å². The molecule has 0 aromatic rings. The second kappa shape index (κ2) is 15.8. The maximum atomic E-state index is 11.3. The number of sulfonamides is 1. The van der Waals surface area contributed by atoms with E-state index in [1.165, 1.54) is 0 Å². The Morgan fingerprint density at radius 1 is 1.15 bits per heavy atom. The van der Waals surface area contributed by atoms with Crippen LogP contribution in [0.1, 0.15) is 32.6 Å². The second-order valence-corrected chi connectivity index (χ2v) is 8.16. The number of nitrogens with zero attached hydrogens (tertiary/aromatic N) is 1. The largest absolute Gasteiger partial charge is 0.381 e. The second-order valence-electron chi connectivity index (χ2n) is 6.06. The third-order valence-corrected chi connectivity index (χ3v) is 5.43. The highest BCUT2D eigenvalue weighted by Crippen LogP contribution is 2.14. The highest BCUT2D eigenvalue weighted by molar-refractivity contribution is 14.0. The lowest BCUT2D eigenvalue weighted by molar-refractivity contribution is 0.0203. The van der Waals surface area contributed by atoms with Crippen molar-refractivity contribution in [1.29, 1.82) is 0 Å². The summed E-state index contributed by atoms with van der Waals surface area (Å²) in [6.07, 6.45) is 3.82. The van der Waals surface area contributed by atoms with Gasteiger partial charge in [0.25, 0.3) is 0 Å². The van der Waals surface area contributed by atoms with E-state index < -0.39 is 10.0 Å². The summed E-state index contributed by atoms with van der Waals surface area (Å²) in [7, 11) is -1.38. The summed E-state index contributed by atoms with van der Waals surface area (Å²) < 4.78 is 36.2. The predicted molar refractivity (Wildman–Crippen MR) is 116 cm³/mol. The van der Waals surface area contributed by atoms with Crippen molar-refractivity contribution in [2.24, 2.45) is 10.9 Å². The predicted octanol–water partition coefficient (Wildman–Crippen LogP) is 0.932. The van der Waals surface area contributed by atoms with Gasteiger partial charge in [0, 0.05) is 53.1 Å². The molecule has 26 heavy (non-hydrogen) atoms. The van der Waals surface area contributed by atoms with E-state index in [-0.39, 0.29) is 29.7 Å². The van der Waals surface area contributed by atoms with Crippen LogP contribution in [-0.4, -0.2) is 73.2 Å². The van der Waals surface area contributed by atoms with E-state index in [9.17, 15) is 8.42 Å². The molecule has 0 atom stereocenters. The van der Waals surface area contributed by atoms with Crippen molar-refractivity contribution in [3.63, 3.8) is 0 Å². The van der Waals surface area contributed by atoms with E-state index in [1.54, 1.807) is 14.0 Å². The minimum Gasteiger partial charge on any atom is -0.381 e. The molecule has 8 nitrogen and oxygen atoms in total. The van der Waals surface area contributed by atoms with Crippen LogP contribution in [0.3, 0.4) is 0 Å². The van der Waals surface area contributed by atoms with Gasteiger partial charge in [-0.3, -0.25) is 4.99 Å². The number of rotatable bonds is 12. The first-order valence-electron chi connectivity index (χ1n) is 9.14. The van der Waals surface area contributed by atoms with Crippen molar-refractivity contribution < 1.29 is 17.9 Å². The maximum absolute atomic E-state index is 11.3. The van der Waals surface area contributed by atoms with Gasteiger partial charge in [-0.25, -0.2) is 13.1 Å². The van der Waals surface area contributed by atoms with Gasteiger partial charge in [-0.15, -0.1) is 24.0 Å². The number of hydrogen-bond donors (Lipinski definition) is 3. The molecule has 0 aliphatic carbocycles. The topological polar surface area (TPSA) is 101 Å². The molecule has 0 amide bonds. The summed E-state index contributed by atoms with van der Waals surface area (Å²) in [5, 5.41) is 6.39. The van der Waals surface area contributed by atoms with E-state index in [2.05, 4.69) is 20.3 Å². The average molecular weight is 506 g/mol. The third kappa shape index (κ3) is 13.1. The van der Waals surface area contributed by atoms with Crippen molar-refractivity contribution in [3.8, 4) is 0 Å². The molecule has 0 aromatic heterocycles. The van der Waals surface area contributed by atoms with Crippen LogP contribution in [-0.2, 0) is 19.5 Å². The van der Waals surface area contributed by atoms with Gasteiger partial charge >= 0.3 is 0 Å². The lowest BCUT2D eigenvalue weighted by atomic mass is 10.0. The van der Waals surface area contributed by atoms with Crippen LogP contribution in [0.25, 0.3) is 0 Å². The summed E-state index contributed by atoms with van der Waals surface area (Å²) in [6.45, 7) is 6.78. The first-order chi connectivity index (χ1) is 12.1. The molecule has 1 rings (SSSR count). The van der Waals surface area contributed by atoms with Gasteiger partial charge in [0.05, 0.1) is 5.75 Å². The van der Waals surface area contributed by atoms with Crippen LogP contribution in [0.4, 0.5) is 0 Å². The Hall–Kier alpha value is -0.170. The molecule has 1 heterocycles. The smallest absolute Gasteiger partial charge is 0.211 e. The molecule has 1 aliphatic heterocycles. The molecule has 0 radical (unpaired) electrons. The van der Waals surface area contributed by atoms with Crippen LogP contribution < -0.4 is 15.4 Å². The fourth-order valence-electron chi connectivity index (χ4n) is 2.39. The fraction of sp³-hybridized carbons (Fsp3) is 0.938. The van der Waals surface area contributed by atoms with Crippen LogP contribution in [0.2, 0.25) is 0 Å². The molecule has 10 heteroatoms. The quantitative estimate of drug-likeness (QED) is 0.158. The number of guanidine groups is 1. The molecule has 1 aliphatic rings. The Balaban J connectivity index is 0.00000625. The van der Waals surface area contributed by atoms with Gasteiger partial charge < -0.3 is 20.1 Å². The molecular weight excluding hydrogens is 471 g/mol. The van der Waals surface area contributed by atoms with Crippen LogP contribution in [0.5, 0.6) is 0 Å². The van der Waals surface area contributed by atoms with Gasteiger partial charge in [-0.2, -0.15) is 0 Å². The van der Waals surface area contributed by atoms with Crippen molar-refractivity contribution >= 4 is 40.0 Å². The zero-order valence-electron chi connectivity index (χ0n) is 16.0. The SMILES string of the molecule is CCS(=O)(=O)NCCCNC(=NC)NCCCOCC1CCOCC1.I. The monoisotopic (exact) mass is 506 g/mol. The van der Waals surface area contributed by atoms with Crippen LogP contribution >= 0.6 is 24.0 Å². The fourth-order valence-corrected chi connectivity index (χ4v) is 3.05. The zero-order chi connectivity index (χ0) is 18.4. The zero-order valence-corrected chi connectivity index (χ0v) is 19.1. The van der Waals surface area contributed by atoms with E-state index in [4.69, 9.17) is 9.47 Å².